The van der Waals surface area contributed by atoms with Crippen LogP contribution in [-0.2, 0) is 14.1 Å². The predicted molar refractivity (Wildman–Crippen MR) is 91.1 cm³/mol. The molecule has 0 aliphatic heterocycles. The van der Waals surface area contributed by atoms with Crippen molar-refractivity contribution < 1.29 is 4.79 Å². The average Bonchev–Trinajstić information content (AvgIpc) is 2.57. The van der Waals surface area contributed by atoms with Gasteiger partial charge in [-0.15, -0.1) is 0 Å². The summed E-state index contributed by atoms with van der Waals surface area (Å²) in [5.74, 6) is 0.349. The van der Waals surface area contributed by atoms with Crippen molar-refractivity contribution in [2.24, 2.45) is 20.0 Å². The minimum absolute atomic E-state index is 0.159. The van der Waals surface area contributed by atoms with E-state index >= 15 is 0 Å². The van der Waals surface area contributed by atoms with E-state index in [1.807, 2.05) is 0 Å². The van der Waals surface area contributed by atoms with Crippen molar-refractivity contribution in [3.63, 3.8) is 0 Å². The molecule has 2 aromatic heterocycles. The third-order valence-corrected chi connectivity index (χ3v) is 4.81. The highest BCUT2D eigenvalue weighted by Gasteiger charge is 2.22. The highest BCUT2D eigenvalue weighted by molar-refractivity contribution is 5.94. The van der Waals surface area contributed by atoms with Gasteiger partial charge in [0.1, 0.15) is 11.3 Å². The first-order valence-electron chi connectivity index (χ1n) is 8.26. The zero-order valence-corrected chi connectivity index (χ0v) is 14.2. The quantitative estimate of drug-likeness (QED) is 0.888. The van der Waals surface area contributed by atoms with Crippen LogP contribution in [-0.4, -0.2) is 26.1 Å². The van der Waals surface area contributed by atoms with Crippen molar-refractivity contribution in [2.45, 2.75) is 38.6 Å². The number of rotatable bonds is 2. The zero-order valence-electron chi connectivity index (χ0n) is 14.2. The second-order valence-electron chi connectivity index (χ2n) is 6.72. The summed E-state index contributed by atoms with van der Waals surface area (Å²) < 4.78 is 2.32. The van der Waals surface area contributed by atoms with Crippen molar-refractivity contribution in [3.8, 4) is 0 Å². The molecular formula is C17H22N4O3. The monoisotopic (exact) mass is 330 g/mol. The molecule has 1 N–H and O–H groups in total. The van der Waals surface area contributed by atoms with Gasteiger partial charge in [0.25, 0.3) is 11.5 Å². The first-order valence-corrected chi connectivity index (χ1v) is 8.26. The maximum Gasteiger partial charge on any atom is 0.332 e. The van der Waals surface area contributed by atoms with Crippen LogP contribution in [0, 0.1) is 5.92 Å². The molecule has 0 bridgehead atoms. The van der Waals surface area contributed by atoms with Crippen LogP contribution in [0.2, 0.25) is 0 Å². The lowest BCUT2D eigenvalue weighted by Crippen LogP contribution is -2.39. The number of pyridine rings is 1. The molecule has 7 heteroatoms. The topological polar surface area (TPSA) is 86.0 Å². The highest BCUT2D eigenvalue weighted by atomic mass is 16.2. The number of fused-ring (bicyclic) bond motifs is 1. The van der Waals surface area contributed by atoms with Gasteiger partial charge in [-0.1, -0.05) is 19.8 Å². The Hall–Kier alpha value is -2.44. The fourth-order valence-electron chi connectivity index (χ4n) is 3.41. The van der Waals surface area contributed by atoms with Gasteiger partial charge in [-0.3, -0.25) is 18.7 Å². The lowest BCUT2D eigenvalue weighted by Gasteiger charge is -2.27. The first kappa shape index (κ1) is 16.4. The van der Waals surface area contributed by atoms with Crippen molar-refractivity contribution in [3.05, 3.63) is 38.7 Å². The molecule has 2 unspecified atom stereocenters. The van der Waals surface area contributed by atoms with Crippen molar-refractivity contribution >= 4 is 16.9 Å². The molecular weight excluding hydrogens is 308 g/mol. The lowest BCUT2D eigenvalue weighted by atomic mass is 9.87. The van der Waals surface area contributed by atoms with E-state index in [-0.39, 0.29) is 23.3 Å². The highest BCUT2D eigenvalue weighted by Crippen LogP contribution is 2.23. The number of aryl methyl sites for hydroxylation is 1. The van der Waals surface area contributed by atoms with Crippen LogP contribution >= 0.6 is 0 Å². The van der Waals surface area contributed by atoms with Gasteiger partial charge in [0.15, 0.2) is 0 Å². The standard InChI is InChI=1S/C17H22N4O3/c1-10-5-4-6-11(9-10)18-15(22)13-8-7-12-14(19-13)20(2)17(24)21(3)16(12)23/h7-8,10-11H,4-6,9H2,1-3H3,(H,18,22). The normalized spacial score (nSPS) is 21.0. The summed E-state index contributed by atoms with van der Waals surface area (Å²) in [7, 11) is 2.97. The average molecular weight is 330 g/mol. The fraction of sp³-hybridized carbons (Fsp3) is 0.529. The minimum Gasteiger partial charge on any atom is -0.348 e. The summed E-state index contributed by atoms with van der Waals surface area (Å²) in [4.78, 5) is 40.9. The number of hydrogen-bond donors (Lipinski definition) is 1. The Balaban J connectivity index is 1.94. The van der Waals surface area contributed by atoms with Crippen LogP contribution < -0.4 is 16.6 Å². The Morgan fingerprint density at radius 2 is 1.96 bits per heavy atom. The van der Waals surface area contributed by atoms with Crippen molar-refractivity contribution in [1.29, 1.82) is 0 Å². The first-order chi connectivity index (χ1) is 11.4. The largest absolute Gasteiger partial charge is 0.348 e. The SMILES string of the molecule is CC1CCCC(NC(=O)c2ccc3c(=O)n(C)c(=O)n(C)c3n2)C1. The summed E-state index contributed by atoms with van der Waals surface area (Å²) in [6.07, 6.45) is 4.26. The fourth-order valence-corrected chi connectivity index (χ4v) is 3.41. The Kier molecular flexibility index (Phi) is 4.26. The Labute approximate surface area is 139 Å². The smallest absolute Gasteiger partial charge is 0.332 e. The number of nitrogens with one attached hydrogen (secondary N) is 1. The molecule has 0 radical (unpaired) electrons. The van der Waals surface area contributed by atoms with E-state index in [0.717, 1.165) is 23.8 Å². The number of carbonyl (C=O) groups excluding carboxylic acids is 1. The van der Waals surface area contributed by atoms with Crippen LogP contribution in [0.4, 0.5) is 0 Å². The van der Waals surface area contributed by atoms with Crippen LogP contribution in [0.15, 0.2) is 21.7 Å². The zero-order chi connectivity index (χ0) is 17.4. The van der Waals surface area contributed by atoms with Gasteiger partial charge in [0, 0.05) is 20.1 Å². The van der Waals surface area contributed by atoms with E-state index in [9.17, 15) is 14.4 Å². The number of hydrogen-bond acceptors (Lipinski definition) is 4. The minimum atomic E-state index is -0.460. The summed E-state index contributed by atoms with van der Waals surface area (Å²) in [5, 5.41) is 3.34. The summed E-state index contributed by atoms with van der Waals surface area (Å²) in [5.41, 5.74) is -0.413. The van der Waals surface area contributed by atoms with E-state index in [0.29, 0.717) is 11.3 Å². The number of aromatic nitrogens is 3. The number of carbonyl (C=O) groups is 1. The van der Waals surface area contributed by atoms with Gasteiger partial charge in [-0.05, 0) is 30.9 Å². The van der Waals surface area contributed by atoms with Gasteiger partial charge in [-0.25, -0.2) is 9.78 Å². The molecule has 0 aromatic carbocycles. The van der Waals surface area contributed by atoms with E-state index in [4.69, 9.17) is 0 Å². The van der Waals surface area contributed by atoms with Gasteiger partial charge < -0.3 is 5.32 Å². The van der Waals surface area contributed by atoms with E-state index in [1.165, 1.54) is 24.1 Å². The van der Waals surface area contributed by atoms with Crippen LogP contribution in [0.5, 0.6) is 0 Å². The molecule has 0 saturated heterocycles. The molecule has 128 valence electrons. The van der Waals surface area contributed by atoms with E-state index < -0.39 is 11.2 Å². The molecule has 1 aliphatic carbocycles. The summed E-state index contributed by atoms with van der Waals surface area (Å²) in [6.45, 7) is 2.19. The van der Waals surface area contributed by atoms with E-state index in [1.54, 1.807) is 13.1 Å². The predicted octanol–water partition coefficient (Wildman–Crippen LogP) is 0.941. The summed E-state index contributed by atoms with van der Waals surface area (Å²) >= 11 is 0. The molecule has 7 nitrogen and oxygen atoms in total. The van der Waals surface area contributed by atoms with Crippen LogP contribution in [0.3, 0.4) is 0 Å². The Morgan fingerprint density at radius 3 is 2.67 bits per heavy atom. The molecule has 1 aliphatic rings. The second-order valence-corrected chi connectivity index (χ2v) is 6.72. The Morgan fingerprint density at radius 1 is 1.21 bits per heavy atom. The van der Waals surface area contributed by atoms with Crippen LogP contribution in [0.25, 0.3) is 11.0 Å². The van der Waals surface area contributed by atoms with Gasteiger partial charge >= 0.3 is 5.69 Å². The number of nitrogens with zero attached hydrogens (tertiary/aromatic N) is 3. The molecule has 3 rings (SSSR count). The van der Waals surface area contributed by atoms with E-state index in [2.05, 4.69) is 17.2 Å². The lowest BCUT2D eigenvalue weighted by molar-refractivity contribution is 0.0916. The molecule has 2 atom stereocenters. The Bertz CT molecular complexity index is 912. The molecule has 1 fully saturated rings. The van der Waals surface area contributed by atoms with Crippen molar-refractivity contribution in [2.75, 3.05) is 0 Å². The third kappa shape index (κ3) is 2.86. The maximum absolute atomic E-state index is 12.5. The molecule has 1 amide bonds. The summed E-state index contributed by atoms with van der Waals surface area (Å²) in [6, 6.07) is 3.25. The molecule has 1 saturated carbocycles. The third-order valence-electron chi connectivity index (χ3n) is 4.81. The maximum atomic E-state index is 12.5. The van der Waals surface area contributed by atoms with Gasteiger partial charge in [-0.2, -0.15) is 0 Å². The van der Waals surface area contributed by atoms with Gasteiger partial charge in [0.05, 0.1) is 5.39 Å². The molecule has 24 heavy (non-hydrogen) atoms. The molecule has 2 aromatic rings. The number of amides is 1. The van der Waals surface area contributed by atoms with Crippen LogP contribution in [0.1, 0.15) is 43.1 Å². The molecule has 0 spiro atoms. The molecule has 2 heterocycles. The second kappa shape index (κ2) is 6.22. The van der Waals surface area contributed by atoms with Gasteiger partial charge in [0.2, 0.25) is 0 Å². The van der Waals surface area contributed by atoms with Crippen molar-refractivity contribution in [1.82, 2.24) is 19.4 Å².